The molecule has 5 nitrogen and oxygen atoms in total. The summed E-state index contributed by atoms with van der Waals surface area (Å²) in [6.45, 7) is -0.171. The van der Waals surface area contributed by atoms with E-state index in [9.17, 15) is 9.18 Å². The maximum absolute atomic E-state index is 12.6. The van der Waals surface area contributed by atoms with E-state index >= 15 is 0 Å². The number of anilines is 1. The quantitative estimate of drug-likeness (QED) is 0.891. The topological polar surface area (TPSA) is 64.1 Å². The standard InChI is InChI=1S/C12H10FN3O2/c13-9-1-3-10(4-2-9)18-7-12(17)16-11-5-6-14-8-15-11/h1-6,8H,7H2,(H,14,15,16,17). The third-order valence-corrected chi connectivity index (χ3v) is 2.03. The third-order valence-electron chi connectivity index (χ3n) is 2.03. The van der Waals surface area contributed by atoms with Crippen LogP contribution in [0.2, 0.25) is 0 Å². The zero-order valence-electron chi connectivity index (χ0n) is 9.34. The van der Waals surface area contributed by atoms with Crippen molar-refractivity contribution in [2.75, 3.05) is 11.9 Å². The number of nitrogens with one attached hydrogen (secondary N) is 1. The highest BCUT2D eigenvalue weighted by Crippen LogP contribution is 2.10. The number of aromatic nitrogens is 2. The number of halogens is 1. The van der Waals surface area contributed by atoms with Gasteiger partial charge in [-0.1, -0.05) is 0 Å². The lowest BCUT2D eigenvalue weighted by atomic mass is 10.3. The number of hydrogen-bond acceptors (Lipinski definition) is 4. The summed E-state index contributed by atoms with van der Waals surface area (Å²) in [6.07, 6.45) is 2.85. The minimum absolute atomic E-state index is 0.171. The monoisotopic (exact) mass is 247 g/mol. The summed E-state index contributed by atoms with van der Waals surface area (Å²) in [7, 11) is 0. The number of carbonyl (C=O) groups is 1. The molecule has 1 aromatic heterocycles. The molecule has 2 rings (SSSR count). The Morgan fingerprint density at radius 1 is 1.28 bits per heavy atom. The van der Waals surface area contributed by atoms with Gasteiger partial charge in [-0.2, -0.15) is 0 Å². The second-order valence-corrected chi connectivity index (χ2v) is 3.39. The van der Waals surface area contributed by atoms with E-state index in [2.05, 4.69) is 15.3 Å². The molecule has 2 aromatic rings. The van der Waals surface area contributed by atoms with Crippen LogP contribution in [0.1, 0.15) is 0 Å². The molecular weight excluding hydrogens is 237 g/mol. The Bertz CT molecular complexity index is 517. The molecule has 0 aliphatic rings. The average molecular weight is 247 g/mol. The lowest BCUT2D eigenvalue weighted by Crippen LogP contribution is -2.20. The van der Waals surface area contributed by atoms with Crippen LogP contribution in [-0.4, -0.2) is 22.5 Å². The Morgan fingerprint density at radius 2 is 2.06 bits per heavy atom. The van der Waals surface area contributed by atoms with Gasteiger partial charge in [-0.3, -0.25) is 4.79 Å². The molecule has 1 amide bonds. The second-order valence-electron chi connectivity index (χ2n) is 3.39. The number of benzene rings is 1. The molecule has 0 saturated carbocycles. The van der Waals surface area contributed by atoms with Crippen molar-refractivity contribution in [3.8, 4) is 5.75 Å². The molecule has 0 aliphatic heterocycles. The first-order valence-corrected chi connectivity index (χ1v) is 5.18. The van der Waals surface area contributed by atoms with Gasteiger partial charge in [-0.25, -0.2) is 14.4 Å². The molecule has 0 aliphatic carbocycles. The highest BCUT2D eigenvalue weighted by Gasteiger charge is 2.04. The van der Waals surface area contributed by atoms with Gasteiger partial charge in [-0.05, 0) is 30.3 Å². The van der Waals surface area contributed by atoms with Gasteiger partial charge in [0.2, 0.25) is 0 Å². The zero-order valence-corrected chi connectivity index (χ0v) is 9.34. The van der Waals surface area contributed by atoms with Crippen LogP contribution in [-0.2, 0) is 4.79 Å². The smallest absolute Gasteiger partial charge is 0.263 e. The first-order chi connectivity index (χ1) is 8.74. The van der Waals surface area contributed by atoms with Gasteiger partial charge < -0.3 is 10.1 Å². The van der Waals surface area contributed by atoms with Crippen LogP contribution in [0.5, 0.6) is 5.75 Å². The number of hydrogen-bond donors (Lipinski definition) is 1. The van der Waals surface area contributed by atoms with E-state index in [0.29, 0.717) is 11.6 Å². The second kappa shape index (κ2) is 5.72. The maximum atomic E-state index is 12.6. The van der Waals surface area contributed by atoms with Crippen LogP contribution in [0.4, 0.5) is 10.2 Å². The molecule has 0 radical (unpaired) electrons. The van der Waals surface area contributed by atoms with Gasteiger partial charge in [0.15, 0.2) is 6.61 Å². The van der Waals surface area contributed by atoms with E-state index in [1.807, 2.05) is 0 Å². The van der Waals surface area contributed by atoms with Crippen LogP contribution in [0.3, 0.4) is 0 Å². The van der Waals surface area contributed by atoms with Gasteiger partial charge in [-0.15, -0.1) is 0 Å². The lowest BCUT2D eigenvalue weighted by molar-refractivity contribution is -0.118. The van der Waals surface area contributed by atoms with Gasteiger partial charge >= 0.3 is 0 Å². The van der Waals surface area contributed by atoms with E-state index in [4.69, 9.17) is 4.74 Å². The molecule has 0 unspecified atom stereocenters. The molecule has 0 bridgehead atoms. The van der Waals surface area contributed by atoms with Gasteiger partial charge in [0.1, 0.15) is 23.7 Å². The number of rotatable bonds is 4. The summed E-state index contributed by atoms with van der Waals surface area (Å²) in [5.74, 6) is 0.123. The van der Waals surface area contributed by atoms with Crippen molar-refractivity contribution in [1.82, 2.24) is 9.97 Å². The van der Waals surface area contributed by atoms with Crippen molar-refractivity contribution in [1.29, 1.82) is 0 Å². The van der Waals surface area contributed by atoms with E-state index < -0.39 is 0 Å². The molecule has 6 heteroatoms. The van der Waals surface area contributed by atoms with Crippen molar-refractivity contribution in [3.05, 3.63) is 48.7 Å². The van der Waals surface area contributed by atoms with E-state index in [0.717, 1.165) is 0 Å². The van der Waals surface area contributed by atoms with Crippen LogP contribution < -0.4 is 10.1 Å². The van der Waals surface area contributed by atoms with Crippen LogP contribution in [0, 0.1) is 5.82 Å². The summed E-state index contributed by atoms with van der Waals surface area (Å²) in [5, 5.41) is 2.53. The number of nitrogens with zero attached hydrogens (tertiary/aromatic N) is 2. The number of carbonyl (C=O) groups excluding carboxylic acids is 1. The fourth-order valence-electron chi connectivity index (χ4n) is 1.22. The van der Waals surface area contributed by atoms with Crippen molar-refractivity contribution in [2.24, 2.45) is 0 Å². The molecule has 0 saturated heterocycles. The zero-order chi connectivity index (χ0) is 12.8. The highest BCUT2D eigenvalue weighted by atomic mass is 19.1. The van der Waals surface area contributed by atoms with E-state index in [1.54, 1.807) is 6.07 Å². The molecule has 92 valence electrons. The summed E-state index contributed by atoms with van der Waals surface area (Å²) in [6, 6.07) is 6.99. The summed E-state index contributed by atoms with van der Waals surface area (Å²) in [4.78, 5) is 19.0. The Balaban J connectivity index is 1.83. The summed E-state index contributed by atoms with van der Waals surface area (Å²) < 4.78 is 17.8. The van der Waals surface area contributed by atoms with Crippen molar-refractivity contribution >= 4 is 11.7 Å². The molecule has 0 atom stereocenters. The number of amides is 1. The molecule has 18 heavy (non-hydrogen) atoms. The fourth-order valence-corrected chi connectivity index (χ4v) is 1.22. The normalized spacial score (nSPS) is 9.83. The van der Waals surface area contributed by atoms with Gasteiger partial charge in [0, 0.05) is 6.20 Å². The van der Waals surface area contributed by atoms with Gasteiger partial charge in [0.25, 0.3) is 5.91 Å². The summed E-state index contributed by atoms with van der Waals surface area (Å²) >= 11 is 0. The molecule has 1 heterocycles. The minimum atomic E-state index is -0.354. The number of ether oxygens (including phenoxy) is 1. The van der Waals surface area contributed by atoms with Crippen molar-refractivity contribution in [2.45, 2.75) is 0 Å². The van der Waals surface area contributed by atoms with Crippen molar-refractivity contribution in [3.63, 3.8) is 0 Å². The largest absolute Gasteiger partial charge is 0.484 e. The fraction of sp³-hybridized carbons (Fsp3) is 0.0833. The average Bonchev–Trinajstić information content (AvgIpc) is 2.39. The highest BCUT2D eigenvalue weighted by molar-refractivity contribution is 5.90. The van der Waals surface area contributed by atoms with Gasteiger partial charge in [0.05, 0.1) is 0 Å². The Morgan fingerprint density at radius 3 is 2.72 bits per heavy atom. The van der Waals surface area contributed by atoms with Crippen LogP contribution in [0.15, 0.2) is 42.9 Å². The molecule has 1 N–H and O–H groups in total. The van der Waals surface area contributed by atoms with Crippen LogP contribution in [0.25, 0.3) is 0 Å². The van der Waals surface area contributed by atoms with Crippen molar-refractivity contribution < 1.29 is 13.9 Å². The first kappa shape index (κ1) is 12.0. The third kappa shape index (κ3) is 3.51. The molecule has 1 aromatic carbocycles. The molecular formula is C12H10FN3O2. The Kier molecular flexibility index (Phi) is 3.80. The Hall–Kier alpha value is -2.50. The predicted octanol–water partition coefficient (Wildman–Crippen LogP) is 1.63. The minimum Gasteiger partial charge on any atom is -0.484 e. The lowest BCUT2D eigenvalue weighted by Gasteiger charge is -2.06. The first-order valence-electron chi connectivity index (χ1n) is 5.18. The molecule has 0 fully saturated rings. The van der Waals surface area contributed by atoms with E-state index in [1.165, 1.54) is 36.8 Å². The SMILES string of the molecule is O=C(COc1ccc(F)cc1)Nc1ccncn1. The maximum Gasteiger partial charge on any atom is 0.263 e. The van der Waals surface area contributed by atoms with E-state index in [-0.39, 0.29) is 18.3 Å². The Labute approximate surface area is 103 Å². The molecule has 0 spiro atoms. The van der Waals surface area contributed by atoms with Crippen LogP contribution >= 0.6 is 0 Å². The summed E-state index contributed by atoms with van der Waals surface area (Å²) in [5.41, 5.74) is 0. The predicted molar refractivity (Wildman–Crippen MR) is 62.6 cm³/mol.